The summed E-state index contributed by atoms with van der Waals surface area (Å²) in [6, 6.07) is 4.14. The maximum Gasteiger partial charge on any atom is 0.391 e. The maximum atomic E-state index is 13.0. The molecule has 0 aromatic heterocycles. The van der Waals surface area contributed by atoms with Crippen molar-refractivity contribution < 1.29 is 31.4 Å². The summed E-state index contributed by atoms with van der Waals surface area (Å²) >= 11 is 0. The second-order valence-corrected chi connectivity index (χ2v) is 6.52. The first kappa shape index (κ1) is 25.5. The Balaban J connectivity index is 0.00000420. The number of methoxy groups -OCH3 is 1. The summed E-state index contributed by atoms with van der Waals surface area (Å²) in [5.74, 6) is -0.717. The molecule has 1 saturated carbocycles. The van der Waals surface area contributed by atoms with Crippen molar-refractivity contribution in [2.45, 2.75) is 51.1 Å². The molecule has 0 bridgehead atoms. The number of guanidine groups is 1. The van der Waals surface area contributed by atoms with Crippen molar-refractivity contribution >= 4 is 29.9 Å². The maximum absolute atomic E-state index is 13.0. The lowest BCUT2D eigenvalue weighted by molar-refractivity contribution is -0.183. The minimum absolute atomic E-state index is 0. The highest BCUT2D eigenvalue weighted by Gasteiger charge is 2.42. The summed E-state index contributed by atoms with van der Waals surface area (Å²) in [5, 5.41) is 5.92. The van der Waals surface area contributed by atoms with Crippen molar-refractivity contribution in [3.05, 3.63) is 23.8 Å². The molecule has 1 aliphatic carbocycles. The number of nitrogens with one attached hydrogen (secondary N) is 2. The fraction of sp³-hybridized carbons (Fsp3) is 0.611. The van der Waals surface area contributed by atoms with E-state index in [0.29, 0.717) is 30.1 Å². The third-order valence-electron chi connectivity index (χ3n) is 4.64. The van der Waals surface area contributed by atoms with Gasteiger partial charge in [0.05, 0.1) is 13.0 Å². The monoisotopic (exact) mass is 537 g/mol. The van der Waals surface area contributed by atoms with Gasteiger partial charge in [-0.1, -0.05) is 6.42 Å². The van der Waals surface area contributed by atoms with E-state index in [9.17, 15) is 22.0 Å². The first-order chi connectivity index (χ1) is 13.2. The largest absolute Gasteiger partial charge is 0.497 e. The Morgan fingerprint density at radius 2 is 2.00 bits per heavy atom. The van der Waals surface area contributed by atoms with Crippen LogP contribution in [0.5, 0.6) is 11.5 Å². The lowest BCUT2D eigenvalue weighted by atomic mass is 9.85. The fourth-order valence-electron chi connectivity index (χ4n) is 3.20. The van der Waals surface area contributed by atoms with Crippen LogP contribution in [0.15, 0.2) is 23.2 Å². The van der Waals surface area contributed by atoms with E-state index in [1.165, 1.54) is 20.2 Å². The molecule has 2 unspecified atom stereocenters. The first-order valence-electron chi connectivity index (χ1n) is 8.88. The molecule has 29 heavy (non-hydrogen) atoms. The predicted molar refractivity (Wildman–Crippen MR) is 110 cm³/mol. The highest BCUT2D eigenvalue weighted by Crippen LogP contribution is 2.37. The van der Waals surface area contributed by atoms with E-state index in [4.69, 9.17) is 4.74 Å². The SMILES string of the molecule is CN=C(NCc1ccc(OC)cc1OC(F)F)NC1CCCC(C(F)(F)F)C1.I. The van der Waals surface area contributed by atoms with Gasteiger partial charge in [-0.05, 0) is 31.4 Å². The Labute approximate surface area is 183 Å². The molecule has 1 aromatic rings. The number of benzene rings is 1. The normalized spacial score (nSPS) is 20.1. The summed E-state index contributed by atoms with van der Waals surface area (Å²) in [4.78, 5) is 4.01. The van der Waals surface area contributed by atoms with E-state index in [-0.39, 0.29) is 55.2 Å². The first-order valence-corrected chi connectivity index (χ1v) is 8.88. The van der Waals surface area contributed by atoms with Crippen molar-refractivity contribution in [2.75, 3.05) is 14.2 Å². The molecule has 11 heteroatoms. The van der Waals surface area contributed by atoms with Crippen molar-refractivity contribution in [3.63, 3.8) is 0 Å². The summed E-state index contributed by atoms with van der Waals surface area (Å²) in [7, 11) is 2.90. The Bertz CT molecular complexity index is 673. The Hall–Kier alpha value is -1.53. The van der Waals surface area contributed by atoms with E-state index >= 15 is 0 Å². The average Bonchev–Trinajstić information content (AvgIpc) is 2.64. The number of hydrogen-bond acceptors (Lipinski definition) is 3. The number of rotatable bonds is 6. The number of halogens is 6. The van der Waals surface area contributed by atoms with Gasteiger partial charge in [0.1, 0.15) is 11.5 Å². The molecule has 0 heterocycles. The van der Waals surface area contributed by atoms with Gasteiger partial charge in [-0.3, -0.25) is 4.99 Å². The summed E-state index contributed by atoms with van der Waals surface area (Å²) in [6.07, 6.45) is -3.01. The van der Waals surface area contributed by atoms with Crippen LogP contribution in [0.1, 0.15) is 31.2 Å². The Kier molecular flexibility index (Phi) is 10.2. The molecule has 0 radical (unpaired) electrons. The third-order valence-corrected chi connectivity index (χ3v) is 4.64. The number of aliphatic imine (C=N–C) groups is 1. The second kappa shape index (κ2) is 11.6. The summed E-state index contributed by atoms with van der Waals surface area (Å²) < 4.78 is 73.6. The van der Waals surface area contributed by atoms with Gasteiger partial charge in [-0.25, -0.2) is 0 Å². The van der Waals surface area contributed by atoms with Crippen LogP contribution in [-0.2, 0) is 6.54 Å². The van der Waals surface area contributed by atoms with E-state index in [1.54, 1.807) is 12.1 Å². The topological polar surface area (TPSA) is 54.9 Å². The molecule has 5 nitrogen and oxygen atoms in total. The highest BCUT2D eigenvalue weighted by atomic mass is 127. The molecule has 166 valence electrons. The van der Waals surface area contributed by atoms with Crippen LogP contribution in [-0.4, -0.2) is 38.9 Å². The second-order valence-electron chi connectivity index (χ2n) is 6.52. The molecule has 2 N–H and O–H groups in total. The Morgan fingerprint density at radius 3 is 2.59 bits per heavy atom. The van der Waals surface area contributed by atoms with Gasteiger partial charge >= 0.3 is 12.8 Å². The molecule has 2 atom stereocenters. The smallest absolute Gasteiger partial charge is 0.391 e. The molecule has 1 aliphatic rings. The number of alkyl halides is 5. The predicted octanol–water partition coefficient (Wildman–Crippen LogP) is 4.70. The van der Waals surface area contributed by atoms with Gasteiger partial charge in [0, 0.05) is 31.3 Å². The van der Waals surface area contributed by atoms with Crippen LogP contribution in [0.3, 0.4) is 0 Å². The van der Waals surface area contributed by atoms with E-state index in [0.717, 1.165) is 0 Å². The molecule has 1 aromatic carbocycles. The van der Waals surface area contributed by atoms with Crippen LogP contribution in [0.2, 0.25) is 0 Å². The van der Waals surface area contributed by atoms with E-state index in [2.05, 4.69) is 20.4 Å². The lowest BCUT2D eigenvalue weighted by Gasteiger charge is -2.32. The van der Waals surface area contributed by atoms with Crippen molar-refractivity contribution in [1.82, 2.24) is 10.6 Å². The Morgan fingerprint density at radius 1 is 1.28 bits per heavy atom. The van der Waals surface area contributed by atoms with Crippen LogP contribution < -0.4 is 20.1 Å². The number of hydrogen-bond donors (Lipinski definition) is 2. The van der Waals surface area contributed by atoms with Crippen molar-refractivity contribution in [2.24, 2.45) is 10.9 Å². The van der Waals surface area contributed by atoms with E-state index < -0.39 is 18.7 Å². The number of nitrogens with zero attached hydrogens (tertiary/aromatic N) is 1. The molecule has 0 aliphatic heterocycles. The van der Waals surface area contributed by atoms with E-state index in [1.807, 2.05) is 0 Å². The zero-order valence-corrected chi connectivity index (χ0v) is 18.4. The van der Waals surface area contributed by atoms with Gasteiger partial charge < -0.3 is 20.1 Å². The fourth-order valence-corrected chi connectivity index (χ4v) is 3.20. The van der Waals surface area contributed by atoms with Gasteiger partial charge in [-0.15, -0.1) is 24.0 Å². The van der Waals surface area contributed by atoms with Crippen molar-refractivity contribution in [1.29, 1.82) is 0 Å². The quantitative estimate of drug-likeness (QED) is 0.239. The zero-order valence-electron chi connectivity index (χ0n) is 16.1. The molecule has 0 amide bonds. The van der Waals surface area contributed by atoms with Crippen LogP contribution >= 0.6 is 24.0 Å². The minimum Gasteiger partial charge on any atom is -0.497 e. The summed E-state index contributed by atoms with van der Waals surface area (Å²) in [5.41, 5.74) is 0.431. The summed E-state index contributed by atoms with van der Waals surface area (Å²) in [6.45, 7) is -2.90. The zero-order chi connectivity index (χ0) is 20.7. The molecular weight excluding hydrogens is 512 g/mol. The minimum atomic E-state index is -4.21. The van der Waals surface area contributed by atoms with Gasteiger partial charge in [0.2, 0.25) is 0 Å². The molecular formula is C18H25F5IN3O2. The number of ether oxygens (including phenoxy) is 2. The van der Waals surface area contributed by atoms with Gasteiger partial charge in [0.25, 0.3) is 0 Å². The van der Waals surface area contributed by atoms with Crippen LogP contribution in [0.4, 0.5) is 22.0 Å². The van der Waals surface area contributed by atoms with Crippen molar-refractivity contribution in [3.8, 4) is 11.5 Å². The standard InChI is InChI=1S/C18H24F5N3O2.HI/c1-24-17(26-13-5-3-4-12(8-13)18(21,22)23)25-10-11-6-7-14(27-2)9-15(11)28-16(19)20;/h6-7,9,12-13,16H,3-5,8,10H2,1-2H3,(H2,24,25,26);1H. The van der Waals surface area contributed by atoms with Crippen LogP contribution in [0.25, 0.3) is 0 Å². The van der Waals surface area contributed by atoms with Gasteiger partial charge in [-0.2, -0.15) is 22.0 Å². The molecule has 0 spiro atoms. The lowest BCUT2D eigenvalue weighted by Crippen LogP contribution is -2.46. The third kappa shape index (κ3) is 8.01. The molecule has 0 saturated heterocycles. The average molecular weight is 537 g/mol. The van der Waals surface area contributed by atoms with Gasteiger partial charge in [0.15, 0.2) is 5.96 Å². The highest BCUT2D eigenvalue weighted by molar-refractivity contribution is 14.0. The van der Waals surface area contributed by atoms with Crippen LogP contribution in [0, 0.1) is 5.92 Å². The molecule has 2 rings (SSSR count). The molecule has 1 fully saturated rings.